The smallest absolute Gasteiger partial charge is 0.323 e. The number of nitrogens with one attached hydrogen (secondary N) is 1. The molecule has 21 heavy (non-hydrogen) atoms. The van der Waals surface area contributed by atoms with Crippen LogP contribution in [0.25, 0.3) is 0 Å². The van der Waals surface area contributed by atoms with Gasteiger partial charge in [-0.25, -0.2) is 9.18 Å². The molecule has 0 saturated carbocycles. The van der Waals surface area contributed by atoms with Gasteiger partial charge < -0.3 is 20.1 Å². The van der Waals surface area contributed by atoms with Crippen molar-refractivity contribution in [2.24, 2.45) is 0 Å². The number of carboxylic acid groups (broad SMARTS) is 1. The van der Waals surface area contributed by atoms with Gasteiger partial charge in [-0.2, -0.15) is 0 Å². The van der Waals surface area contributed by atoms with Gasteiger partial charge in [-0.15, -0.1) is 0 Å². The first-order valence-corrected chi connectivity index (χ1v) is 6.46. The van der Waals surface area contributed by atoms with E-state index in [1.165, 1.54) is 13.2 Å². The average Bonchev–Trinajstić information content (AvgIpc) is 2.43. The molecule has 0 fully saturated rings. The van der Waals surface area contributed by atoms with Crippen molar-refractivity contribution in [3.8, 4) is 0 Å². The molecule has 1 aromatic carbocycles. The molecule has 0 aliphatic carbocycles. The molecule has 2 amide bonds. The monoisotopic (exact) mass is 298 g/mol. The molecule has 1 rings (SSSR count). The molecule has 0 aliphatic rings. The largest absolute Gasteiger partial charge is 0.480 e. The molecule has 0 radical (unpaired) electrons. The number of benzene rings is 1. The SMILES string of the molecule is COCCN(CC(=O)O)C(=O)NC(C)c1ccccc1F. The molecular formula is C14H19FN2O4. The summed E-state index contributed by atoms with van der Waals surface area (Å²) in [5, 5.41) is 11.4. The zero-order chi connectivity index (χ0) is 15.8. The summed E-state index contributed by atoms with van der Waals surface area (Å²) < 4.78 is 18.5. The summed E-state index contributed by atoms with van der Waals surface area (Å²) in [6.45, 7) is 1.54. The van der Waals surface area contributed by atoms with Crippen molar-refractivity contribution in [3.63, 3.8) is 0 Å². The van der Waals surface area contributed by atoms with Gasteiger partial charge in [-0.05, 0) is 13.0 Å². The van der Waals surface area contributed by atoms with Crippen molar-refractivity contribution < 1.29 is 23.8 Å². The fraction of sp³-hybridized carbons (Fsp3) is 0.429. The van der Waals surface area contributed by atoms with Crippen LogP contribution in [0.3, 0.4) is 0 Å². The van der Waals surface area contributed by atoms with Gasteiger partial charge in [0.15, 0.2) is 0 Å². The summed E-state index contributed by atoms with van der Waals surface area (Å²) in [4.78, 5) is 23.9. The molecule has 0 spiro atoms. The second kappa shape index (κ2) is 8.21. The number of halogens is 1. The molecule has 0 saturated heterocycles. The number of urea groups is 1. The van der Waals surface area contributed by atoms with Crippen molar-refractivity contribution in [2.75, 3.05) is 26.8 Å². The molecule has 2 N–H and O–H groups in total. The minimum atomic E-state index is -1.13. The van der Waals surface area contributed by atoms with Gasteiger partial charge >= 0.3 is 12.0 Å². The number of hydrogen-bond donors (Lipinski definition) is 2. The standard InChI is InChI=1S/C14H19FN2O4/c1-10(11-5-3-4-6-12(11)15)16-14(20)17(7-8-21-2)9-13(18)19/h3-6,10H,7-9H2,1-2H3,(H,16,20)(H,18,19). The summed E-state index contributed by atoms with van der Waals surface area (Å²) >= 11 is 0. The Morgan fingerprint density at radius 1 is 1.43 bits per heavy atom. The topological polar surface area (TPSA) is 78.9 Å². The van der Waals surface area contributed by atoms with E-state index >= 15 is 0 Å². The Hall–Kier alpha value is -2.15. The number of carboxylic acids is 1. The summed E-state index contributed by atoms with van der Waals surface area (Å²) in [6, 6.07) is 4.95. The van der Waals surface area contributed by atoms with Crippen molar-refractivity contribution in [3.05, 3.63) is 35.6 Å². The number of ether oxygens (including phenoxy) is 1. The van der Waals surface area contributed by atoms with Crippen LogP contribution in [0.2, 0.25) is 0 Å². The zero-order valence-corrected chi connectivity index (χ0v) is 12.0. The number of aliphatic carboxylic acids is 1. The van der Waals surface area contributed by atoms with Crippen LogP contribution in [0.1, 0.15) is 18.5 Å². The fourth-order valence-electron chi connectivity index (χ4n) is 1.80. The summed E-state index contributed by atoms with van der Waals surface area (Å²) in [5.41, 5.74) is 0.341. The Balaban J connectivity index is 2.71. The number of carbonyl (C=O) groups is 2. The Kier molecular flexibility index (Phi) is 6.61. The third kappa shape index (κ3) is 5.39. The molecule has 0 aliphatic heterocycles. The second-order valence-corrected chi connectivity index (χ2v) is 4.50. The molecule has 0 bridgehead atoms. The van der Waals surface area contributed by atoms with Gasteiger partial charge in [0.05, 0.1) is 12.6 Å². The van der Waals surface area contributed by atoms with E-state index in [-0.39, 0.29) is 13.2 Å². The Morgan fingerprint density at radius 3 is 2.67 bits per heavy atom. The maximum Gasteiger partial charge on any atom is 0.323 e. The third-order valence-corrected chi connectivity index (χ3v) is 2.89. The van der Waals surface area contributed by atoms with E-state index < -0.39 is 30.4 Å². The van der Waals surface area contributed by atoms with Gasteiger partial charge in [-0.1, -0.05) is 18.2 Å². The fourth-order valence-corrected chi connectivity index (χ4v) is 1.80. The molecule has 7 heteroatoms. The van der Waals surface area contributed by atoms with E-state index in [0.29, 0.717) is 5.56 Å². The van der Waals surface area contributed by atoms with Crippen LogP contribution >= 0.6 is 0 Å². The lowest BCUT2D eigenvalue weighted by molar-refractivity contribution is -0.137. The van der Waals surface area contributed by atoms with E-state index in [1.807, 2.05) is 0 Å². The van der Waals surface area contributed by atoms with Crippen LogP contribution in [0.15, 0.2) is 24.3 Å². The Labute approximate surface area is 122 Å². The first-order chi connectivity index (χ1) is 9.95. The van der Waals surface area contributed by atoms with Crippen molar-refractivity contribution >= 4 is 12.0 Å². The lowest BCUT2D eigenvalue weighted by Crippen LogP contribution is -2.45. The van der Waals surface area contributed by atoms with Crippen LogP contribution < -0.4 is 5.32 Å². The molecule has 1 unspecified atom stereocenters. The summed E-state index contributed by atoms with van der Waals surface area (Å²) in [5.74, 6) is -1.55. The molecule has 0 heterocycles. The van der Waals surface area contributed by atoms with Crippen LogP contribution in [0, 0.1) is 5.82 Å². The van der Waals surface area contributed by atoms with Gasteiger partial charge in [0.25, 0.3) is 0 Å². The first kappa shape index (κ1) is 16.9. The minimum Gasteiger partial charge on any atom is -0.480 e. The van der Waals surface area contributed by atoms with E-state index in [0.717, 1.165) is 4.90 Å². The average molecular weight is 298 g/mol. The predicted octanol–water partition coefficient (Wildman–Crippen LogP) is 1.63. The van der Waals surface area contributed by atoms with Crippen molar-refractivity contribution in [1.29, 1.82) is 0 Å². The van der Waals surface area contributed by atoms with Gasteiger partial charge in [0, 0.05) is 19.2 Å². The van der Waals surface area contributed by atoms with Crippen LogP contribution in [-0.4, -0.2) is 48.8 Å². The highest BCUT2D eigenvalue weighted by atomic mass is 19.1. The third-order valence-electron chi connectivity index (χ3n) is 2.89. The molecule has 116 valence electrons. The number of nitrogens with zero attached hydrogens (tertiary/aromatic N) is 1. The number of carbonyl (C=O) groups excluding carboxylic acids is 1. The van der Waals surface area contributed by atoms with E-state index in [4.69, 9.17) is 9.84 Å². The van der Waals surface area contributed by atoms with Crippen LogP contribution in [0.5, 0.6) is 0 Å². The molecule has 1 aromatic rings. The highest BCUT2D eigenvalue weighted by Gasteiger charge is 2.20. The number of amides is 2. The highest BCUT2D eigenvalue weighted by Crippen LogP contribution is 2.16. The Bertz CT molecular complexity index is 496. The van der Waals surface area contributed by atoms with Gasteiger partial charge in [-0.3, -0.25) is 4.79 Å². The zero-order valence-electron chi connectivity index (χ0n) is 12.0. The Morgan fingerprint density at radius 2 is 2.10 bits per heavy atom. The maximum absolute atomic E-state index is 13.6. The van der Waals surface area contributed by atoms with E-state index in [2.05, 4.69) is 5.32 Å². The lowest BCUT2D eigenvalue weighted by atomic mass is 10.1. The highest BCUT2D eigenvalue weighted by molar-refractivity contribution is 5.80. The summed E-state index contributed by atoms with van der Waals surface area (Å²) in [7, 11) is 1.46. The number of hydrogen-bond acceptors (Lipinski definition) is 3. The molecule has 1 atom stereocenters. The van der Waals surface area contributed by atoms with E-state index in [1.54, 1.807) is 25.1 Å². The lowest BCUT2D eigenvalue weighted by Gasteiger charge is -2.23. The van der Waals surface area contributed by atoms with Gasteiger partial charge in [0.2, 0.25) is 0 Å². The second-order valence-electron chi connectivity index (χ2n) is 4.50. The van der Waals surface area contributed by atoms with Crippen LogP contribution in [0.4, 0.5) is 9.18 Å². The summed E-state index contributed by atoms with van der Waals surface area (Å²) in [6.07, 6.45) is 0. The van der Waals surface area contributed by atoms with Crippen LogP contribution in [-0.2, 0) is 9.53 Å². The van der Waals surface area contributed by atoms with Crippen molar-refractivity contribution in [1.82, 2.24) is 10.2 Å². The maximum atomic E-state index is 13.6. The van der Waals surface area contributed by atoms with E-state index in [9.17, 15) is 14.0 Å². The predicted molar refractivity (Wildman–Crippen MR) is 74.4 cm³/mol. The first-order valence-electron chi connectivity index (χ1n) is 6.46. The normalized spacial score (nSPS) is 11.8. The number of methoxy groups -OCH3 is 1. The van der Waals surface area contributed by atoms with Crippen molar-refractivity contribution in [2.45, 2.75) is 13.0 Å². The number of rotatable bonds is 7. The minimum absolute atomic E-state index is 0.138. The molecular weight excluding hydrogens is 279 g/mol. The molecule has 6 nitrogen and oxygen atoms in total. The van der Waals surface area contributed by atoms with Gasteiger partial charge in [0.1, 0.15) is 12.4 Å². The molecule has 0 aromatic heterocycles. The quantitative estimate of drug-likeness (QED) is 0.802.